The van der Waals surface area contributed by atoms with Crippen molar-refractivity contribution in [2.75, 3.05) is 7.11 Å². The molecule has 1 atom stereocenters. The second-order valence-electron chi connectivity index (χ2n) is 8.49. The van der Waals surface area contributed by atoms with Crippen LogP contribution in [0.4, 0.5) is 5.69 Å². The van der Waals surface area contributed by atoms with E-state index in [1.165, 1.54) is 11.6 Å². The maximum atomic E-state index is 11.2. The number of nitro groups is 1. The first-order valence-electron chi connectivity index (χ1n) is 9.44. The Hall–Kier alpha value is -2.44. The van der Waals surface area contributed by atoms with Crippen LogP contribution in [0.15, 0.2) is 47.7 Å². The number of rotatable bonds is 5. The summed E-state index contributed by atoms with van der Waals surface area (Å²) in [5.74, 6) is -0.00109. The number of ether oxygens (including phenoxy) is 2. The minimum atomic E-state index is -1.90. The zero-order valence-electron chi connectivity index (χ0n) is 17.3. The summed E-state index contributed by atoms with van der Waals surface area (Å²) in [6, 6.07) is 13.0. The van der Waals surface area contributed by atoms with E-state index in [1.807, 2.05) is 6.08 Å². The van der Waals surface area contributed by atoms with E-state index < -0.39 is 13.9 Å². The molecule has 1 heterocycles. The van der Waals surface area contributed by atoms with Crippen LogP contribution in [-0.2, 0) is 10.5 Å². The number of benzene rings is 2. The zero-order valence-corrected chi connectivity index (χ0v) is 18.3. The van der Waals surface area contributed by atoms with E-state index in [0.29, 0.717) is 11.7 Å². The van der Waals surface area contributed by atoms with Gasteiger partial charge in [-0.3, -0.25) is 10.1 Å². The number of nitrogens with zero attached hydrogens (tertiary/aromatic N) is 1. The van der Waals surface area contributed by atoms with Gasteiger partial charge in [-0.2, -0.15) is 0 Å². The molecule has 0 bridgehead atoms. The van der Waals surface area contributed by atoms with E-state index >= 15 is 0 Å². The molecule has 1 aliphatic rings. The third-order valence-electron chi connectivity index (χ3n) is 5.17. The molecular weight excluding hydrogens is 370 g/mol. The van der Waals surface area contributed by atoms with Crippen molar-refractivity contribution in [3.63, 3.8) is 0 Å². The van der Waals surface area contributed by atoms with Crippen LogP contribution in [0, 0.1) is 10.1 Å². The first kappa shape index (κ1) is 20.3. The molecule has 0 fully saturated rings. The van der Waals surface area contributed by atoms with Gasteiger partial charge in [0.25, 0.3) is 11.5 Å². The monoisotopic (exact) mass is 397 g/mol. The van der Waals surface area contributed by atoms with Gasteiger partial charge in [0.15, 0.2) is 0 Å². The second-order valence-corrected chi connectivity index (χ2v) is 13.5. The number of fused-ring (bicyclic) bond motifs is 1. The molecule has 6 heteroatoms. The maximum Gasteiger partial charge on any atom is 0.270 e. The second kappa shape index (κ2) is 7.18. The summed E-state index contributed by atoms with van der Waals surface area (Å²) >= 11 is 0. The molecule has 0 aliphatic carbocycles. The van der Waals surface area contributed by atoms with Crippen molar-refractivity contribution >= 4 is 19.8 Å². The molecule has 0 radical (unpaired) electrons. The predicted octanol–water partition coefficient (Wildman–Crippen LogP) is 5.87. The minimum Gasteiger partial charge on any atom is -0.454 e. The Labute approximate surface area is 167 Å². The first-order chi connectivity index (χ1) is 13.1. The molecule has 148 valence electrons. The Kier molecular flexibility index (Phi) is 5.21. The van der Waals surface area contributed by atoms with Gasteiger partial charge in [-0.25, -0.2) is 0 Å². The fraction of sp³-hybridized carbons (Fsp3) is 0.364. The Morgan fingerprint density at radius 1 is 1.11 bits per heavy atom. The average molecular weight is 398 g/mol. The van der Waals surface area contributed by atoms with Gasteiger partial charge in [-0.05, 0) is 28.8 Å². The molecule has 0 N–H and O–H groups in total. The standard InChI is InChI=1S/C22H27NO4Si/c1-15(2)16-7-9-18(10-8-16)22(26-3)21(28(4,5)6)14-17-13-19(23(24)25)11-12-20(17)27-22/h7-15H,1-6H3. The SMILES string of the molecule is COC1(c2ccc(C(C)C)cc2)Oc2ccc([N+](=O)[O-])cc2C=C1[Si](C)(C)C. The summed E-state index contributed by atoms with van der Waals surface area (Å²) in [6.07, 6.45) is 2.03. The summed E-state index contributed by atoms with van der Waals surface area (Å²) in [5, 5.41) is 12.2. The fourth-order valence-electron chi connectivity index (χ4n) is 3.60. The molecule has 0 saturated heterocycles. The van der Waals surface area contributed by atoms with Crippen LogP contribution in [0.1, 0.15) is 36.5 Å². The highest BCUT2D eigenvalue weighted by molar-refractivity contribution is 6.84. The zero-order chi connectivity index (χ0) is 20.7. The highest BCUT2D eigenvalue weighted by Gasteiger charge is 2.47. The number of hydrogen-bond donors (Lipinski definition) is 0. The van der Waals surface area contributed by atoms with Gasteiger partial charge in [0.05, 0.1) is 13.0 Å². The normalized spacial score (nSPS) is 19.0. The highest BCUT2D eigenvalue weighted by atomic mass is 28.3. The lowest BCUT2D eigenvalue weighted by Crippen LogP contribution is -2.47. The Balaban J connectivity index is 2.20. The predicted molar refractivity (Wildman–Crippen MR) is 114 cm³/mol. The van der Waals surface area contributed by atoms with E-state index in [2.05, 4.69) is 57.8 Å². The van der Waals surface area contributed by atoms with Crippen molar-refractivity contribution in [3.05, 3.63) is 74.5 Å². The number of hydrogen-bond acceptors (Lipinski definition) is 4. The van der Waals surface area contributed by atoms with Gasteiger partial charge < -0.3 is 9.47 Å². The summed E-state index contributed by atoms with van der Waals surface area (Å²) in [7, 11) is -0.249. The van der Waals surface area contributed by atoms with Crippen molar-refractivity contribution in [2.45, 2.75) is 45.2 Å². The smallest absolute Gasteiger partial charge is 0.270 e. The van der Waals surface area contributed by atoms with Gasteiger partial charge in [-0.15, -0.1) is 0 Å². The van der Waals surface area contributed by atoms with Crippen LogP contribution in [-0.4, -0.2) is 20.1 Å². The molecule has 1 aliphatic heterocycles. The molecule has 0 aromatic heterocycles. The number of nitro benzene ring substituents is 1. The average Bonchev–Trinajstić information content (AvgIpc) is 2.65. The molecule has 5 nitrogen and oxygen atoms in total. The quantitative estimate of drug-likeness (QED) is 0.359. The van der Waals surface area contributed by atoms with Gasteiger partial charge >= 0.3 is 0 Å². The maximum absolute atomic E-state index is 11.2. The van der Waals surface area contributed by atoms with Crippen LogP contribution in [0.2, 0.25) is 19.6 Å². The molecule has 0 spiro atoms. The lowest BCUT2D eigenvalue weighted by molar-refractivity contribution is -0.384. The van der Waals surface area contributed by atoms with E-state index in [-0.39, 0.29) is 10.6 Å². The number of non-ortho nitro benzene ring substituents is 1. The molecule has 2 aromatic rings. The molecule has 0 saturated carbocycles. The molecule has 1 unspecified atom stereocenters. The van der Waals surface area contributed by atoms with Crippen LogP contribution in [0.5, 0.6) is 5.75 Å². The van der Waals surface area contributed by atoms with Crippen LogP contribution in [0.3, 0.4) is 0 Å². The summed E-state index contributed by atoms with van der Waals surface area (Å²) in [4.78, 5) is 10.8. The van der Waals surface area contributed by atoms with E-state index in [4.69, 9.17) is 9.47 Å². The van der Waals surface area contributed by atoms with E-state index in [1.54, 1.807) is 19.2 Å². The van der Waals surface area contributed by atoms with Gasteiger partial charge in [0, 0.05) is 30.4 Å². The lowest BCUT2D eigenvalue weighted by Gasteiger charge is -2.43. The lowest BCUT2D eigenvalue weighted by atomic mass is 9.96. The van der Waals surface area contributed by atoms with Gasteiger partial charge in [0.2, 0.25) is 0 Å². The Bertz CT molecular complexity index is 929. The minimum absolute atomic E-state index is 0.0553. The summed E-state index contributed by atoms with van der Waals surface area (Å²) in [6.45, 7) is 11.0. The highest BCUT2D eigenvalue weighted by Crippen LogP contribution is 2.47. The Morgan fingerprint density at radius 3 is 2.25 bits per heavy atom. The van der Waals surface area contributed by atoms with E-state index in [0.717, 1.165) is 16.3 Å². The van der Waals surface area contributed by atoms with Crippen LogP contribution in [0.25, 0.3) is 6.08 Å². The third-order valence-corrected chi connectivity index (χ3v) is 7.25. The Morgan fingerprint density at radius 2 is 1.75 bits per heavy atom. The van der Waals surface area contributed by atoms with Crippen molar-refractivity contribution < 1.29 is 14.4 Å². The molecule has 3 rings (SSSR count). The largest absolute Gasteiger partial charge is 0.454 e. The topological polar surface area (TPSA) is 61.6 Å². The first-order valence-corrected chi connectivity index (χ1v) is 12.9. The number of methoxy groups -OCH3 is 1. The van der Waals surface area contributed by atoms with E-state index in [9.17, 15) is 10.1 Å². The molecule has 0 amide bonds. The van der Waals surface area contributed by atoms with Gasteiger partial charge in [-0.1, -0.05) is 57.8 Å². The van der Waals surface area contributed by atoms with Crippen molar-refractivity contribution in [3.8, 4) is 5.75 Å². The summed E-state index contributed by atoms with van der Waals surface area (Å²) < 4.78 is 12.5. The summed E-state index contributed by atoms with van der Waals surface area (Å²) in [5.41, 5.74) is 2.95. The van der Waals surface area contributed by atoms with Crippen molar-refractivity contribution in [2.24, 2.45) is 0 Å². The van der Waals surface area contributed by atoms with Crippen LogP contribution >= 0.6 is 0 Å². The molecular formula is C22H27NO4Si. The third kappa shape index (κ3) is 3.50. The fourth-order valence-corrected chi connectivity index (χ4v) is 5.47. The van der Waals surface area contributed by atoms with Crippen LogP contribution < -0.4 is 4.74 Å². The van der Waals surface area contributed by atoms with Crippen molar-refractivity contribution in [1.29, 1.82) is 0 Å². The van der Waals surface area contributed by atoms with Gasteiger partial charge in [0.1, 0.15) is 5.75 Å². The molecule has 28 heavy (non-hydrogen) atoms. The van der Waals surface area contributed by atoms with Crippen molar-refractivity contribution in [1.82, 2.24) is 0 Å². The molecule has 2 aromatic carbocycles.